The fourth-order valence-corrected chi connectivity index (χ4v) is 2.74. The number of hydrogen-bond donors (Lipinski definition) is 1. The number of hydrogen-bond acceptors (Lipinski definition) is 4. The fourth-order valence-electron chi connectivity index (χ4n) is 2.20. The van der Waals surface area contributed by atoms with Gasteiger partial charge in [-0.25, -0.2) is 0 Å². The Kier molecular flexibility index (Phi) is 5.87. The summed E-state index contributed by atoms with van der Waals surface area (Å²) in [6, 6.07) is 3.46. The number of thiol groups is 1. The molecule has 0 spiro atoms. The van der Waals surface area contributed by atoms with Crippen molar-refractivity contribution in [2.24, 2.45) is 5.41 Å². The highest BCUT2D eigenvalue weighted by Crippen LogP contribution is 2.35. The molecule has 0 aliphatic carbocycles. The van der Waals surface area contributed by atoms with Crippen molar-refractivity contribution in [3.8, 4) is 5.75 Å². The average Bonchev–Trinajstić information content (AvgIpc) is 2.41. The summed E-state index contributed by atoms with van der Waals surface area (Å²) in [7, 11) is 0. The van der Waals surface area contributed by atoms with Gasteiger partial charge >= 0.3 is 5.69 Å². The van der Waals surface area contributed by atoms with Crippen LogP contribution < -0.4 is 4.74 Å². The summed E-state index contributed by atoms with van der Waals surface area (Å²) in [4.78, 5) is 10.8. The summed E-state index contributed by atoms with van der Waals surface area (Å²) >= 11 is 4.40. The van der Waals surface area contributed by atoms with Crippen LogP contribution in [0.15, 0.2) is 12.1 Å². The molecule has 0 aromatic heterocycles. The van der Waals surface area contributed by atoms with E-state index in [0.717, 1.165) is 24.0 Å². The largest absolute Gasteiger partial charge is 0.486 e. The first-order chi connectivity index (χ1) is 9.39. The van der Waals surface area contributed by atoms with Gasteiger partial charge in [0, 0.05) is 11.5 Å². The third kappa shape index (κ3) is 3.66. The molecule has 0 heterocycles. The maximum Gasteiger partial charge on any atom is 0.311 e. The molecule has 112 valence electrons. The van der Waals surface area contributed by atoms with Crippen LogP contribution in [-0.4, -0.2) is 17.3 Å². The quantitative estimate of drug-likeness (QED) is 0.463. The first-order valence-electron chi connectivity index (χ1n) is 6.88. The number of benzene rings is 1. The van der Waals surface area contributed by atoms with E-state index in [0.29, 0.717) is 18.1 Å². The van der Waals surface area contributed by atoms with Crippen molar-refractivity contribution in [2.45, 2.75) is 40.5 Å². The summed E-state index contributed by atoms with van der Waals surface area (Å²) < 4.78 is 5.83. The van der Waals surface area contributed by atoms with Gasteiger partial charge in [0.1, 0.15) is 0 Å². The van der Waals surface area contributed by atoms with Crippen LogP contribution in [-0.2, 0) is 0 Å². The van der Waals surface area contributed by atoms with Crippen molar-refractivity contribution in [2.75, 3.05) is 12.4 Å². The van der Waals surface area contributed by atoms with E-state index in [1.54, 1.807) is 6.07 Å². The van der Waals surface area contributed by atoms with E-state index < -0.39 is 0 Å². The van der Waals surface area contributed by atoms with Crippen LogP contribution in [0, 0.1) is 29.4 Å². The van der Waals surface area contributed by atoms with E-state index in [1.165, 1.54) is 0 Å². The Balaban J connectivity index is 3.06. The molecule has 1 aromatic rings. The van der Waals surface area contributed by atoms with Crippen molar-refractivity contribution >= 4 is 18.3 Å². The molecule has 0 saturated heterocycles. The van der Waals surface area contributed by atoms with Gasteiger partial charge in [0.15, 0.2) is 5.75 Å². The van der Waals surface area contributed by atoms with Crippen LogP contribution in [0.5, 0.6) is 5.75 Å². The van der Waals surface area contributed by atoms with Gasteiger partial charge in [0.05, 0.1) is 11.5 Å². The van der Waals surface area contributed by atoms with Gasteiger partial charge in [-0.05, 0) is 43.6 Å². The van der Waals surface area contributed by atoms with E-state index in [4.69, 9.17) is 4.74 Å². The lowest BCUT2D eigenvalue weighted by atomic mass is 9.85. The van der Waals surface area contributed by atoms with Crippen LogP contribution in [0.3, 0.4) is 0 Å². The van der Waals surface area contributed by atoms with E-state index in [2.05, 4.69) is 26.5 Å². The molecule has 0 atom stereocenters. The van der Waals surface area contributed by atoms with Crippen LogP contribution in [0.4, 0.5) is 5.69 Å². The van der Waals surface area contributed by atoms with Gasteiger partial charge in [-0.1, -0.05) is 19.9 Å². The van der Waals surface area contributed by atoms with Gasteiger partial charge in [0.2, 0.25) is 0 Å². The zero-order valence-electron chi connectivity index (χ0n) is 12.6. The SMILES string of the molecule is CCC(CC)(CS)COc1c(C)cc(C)cc1[N+](=O)[O-]. The second-order valence-electron chi connectivity index (χ2n) is 5.34. The van der Waals surface area contributed by atoms with Crippen molar-refractivity contribution in [1.29, 1.82) is 0 Å². The van der Waals surface area contributed by atoms with Crippen LogP contribution >= 0.6 is 12.6 Å². The molecule has 0 aliphatic heterocycles. The highest BCUT2D eigenvalue weighted by molar-refractivity contribution is 7.80. The highest BCUT2D eigenvalue weighted by Gasteiger charge is 2.28. The molecular weight excluding hydrogens is 274 g/mol. The minimum atomic E-state index is -0.379. The lowest BCUT2D eigenvalue weighted by Gasteiger charge is -2.29. The van der Waals surface area contributed by atoms with Gasteiger partial charge in [-0.2, -0.15) is 12.6 Å². The summed E-state index contributed by atoms with van der Waals surface area (Å²) in [5.41, 5.74) is 1.68. The molecule has 4 nitrogen and oxygen atoms in total. The fraction of sp³-hybridized carbons (Fsp3) is 0.600. The monoisotopic (exact) mass is 297 g/mol. The Bertz CT molecular complexity index is 476. The maximum atomic E-state index is 11.2. The maximum absolute atomic E-state index is 11.2. The minimum absolute atomic E-state index is 0.0334. The summed E-state index contributed by atoms with van der Waals surface area (Å²) in [6.45, 7) is 8.34. The number of nitrogens with zero attached hydrogens (tertiary/aromatic N) is 1. The summed E-state index contributed by atoms with van der Waals surface area (Å²) in [5.74, 6) is 1.09. The van der Waals surface area contributed by atoms with Crippen LogP contribution in [0.1, 0.15) is 37.8 Å². The molecule has 5 heteroatoms. The Hall–Kier alpha value is -1.23. The molecule has 0 amide bonds. The van der Waals surface area contributed by atoms with Gasteiger partial charge in [-0.15, -0.1) is 0 Å². The topological polar surface area (TPSA) is 52.4 Å². The van der Waals surface area contributed by atoms with E-state index in [-0.39, 0.29) is 16.0 Å². The van der Waals surface area contributed by atoms with Crippen LogP contribution in [0.25, 0.3) is 0 Å². The van der Waals surface area contributed by atoms with Gasteiger partial charge < -0.3 is 4.74 Å². The number of rotatable bonds is 7. The normalized spacial score (nSPS) is 11.4. The van der Waals surface area contributed by atoms with Crippen molar-refractivity contribution in [3.05, 3.63) is 33.4 Å². The van der Waals surface area contributed by atoms with E-state index >= 15 is 0 Å². The van der Waals surface area contributed by atoms with Gasteiger partial charge in [0.25, 0.3) is 0 Å². The van der Waals surface area contributed by atoms with Crippen molar-refractivity contribution < 1.29 is 9.66 Å². The minimum Gasteiger partial charge on any atom is -0.486 e. The Labute approximate surface area is 126 Å². The van der Waals surface area contributed by atoms with Gasteiger partial charge in [-0.3, -0.25) is 10.1 Å². The van der Waals surface area contributed by atoms with E-state index in [9.17, 15) is 10.1 Å². The first kappa shape index (κ1) is 16.8. The molecule has 0 saturated carbocycles. The lowest BCUT2D eigenvalue weighted by molar-refractivity contribution is -0.386. The van der Waals surface area contributed by atoms with E-state index in [1.807, 2.05) is 19.9 Å². The predicted molar refractivity (Wildman–Crippen MR) is 84.9 cm³/mol. The number of ether oxygens (including phenoxy) is 1. The molecule has 0 N–H and O–H groups in total. The van der Waals surface area contributed by atoms with Crippen LogP contribution in [0.2, 0.25) is 0 Å². The molecule has 0 fully saturated rings. The predicted octanol–water partition coefficient (Wildman–Crippen LogP) is 4.33. The molecule has 20 heavy (non-hydrogen) atoms. The zero-order valence-corrected chi connectivity index (χ0v) is 13.5. The average molecular weight is 297 g/mol. The molecule has 0 aliphatic rings. The lowest BCUT2D eigenvalue weighted by Crippen LogP contribution is -2.29. The third-order valence-electron chi connectivity index (χ3n) is 3.95. The Morgan fingerprint density at radius 2 is 1.90 bits per heavy atom. The molecule has 0 radical (unpaired) electrons. The second kappa shape index (κ2) is 6.97. The molecule has 1 aromatic carbocycles. The third-order valence-corrected chi connectivity index (χ3v) is 4.62. The molecular formula is C15H23NO3S. The number of aryl methyl sites for hydroxylation is 2. The smallest absolute Gasteiger partial charge is 0.311 e. The molecule has 1 rings (SSSR count). The molecule has 0 bridgehead atoms. The van der Waals surface area contributed by atoms with Crippen molar-refractivity contribution in [1.82, 2.24) is 0 Å². The molecule has 0 unspecified atom stereocenters. The standard InChI is InChI=1S/C15H23NO3S/c1-5-15(6-2,10-20)9-19-14-12(4)7-11(3)8-13(14)16(17)18/h7-8,20H,5-6,9-10H2,1-4H3. The summed E-state index contributed by atoms with van der Waals surface area (Å²) in [5, 5.41) is 11.2. The Morgan fingerprint density at radius 1 is 1.30 bits per heavy atom. The Morgan fingerprint density at radius 3 is 2.35 bits per heavy atom. The summed E-state index contributed by atoms with van der Waals surface area (Å²) in [6.07, 6.45) is 1.87. The zero-order chi connectivity index (χ0) is 15.3. The number of nitro benzene ring substituents is 1. The number of nitro groups is 1. The second-order valence-corrected chi connectivity index (χ2v) is 5.66. The first-order valence-corrected chi connectivity index (χ1v) is 7.51. The van der Waals surface area contributed by atoms with Crippen molar-refractivity contribution in [3.63, 3.8) is 0 Å². The highest BCUT2D eigenvalue weighted by atomic mass is 32.1.